The summed E-state index contributed by atoms with van der Waals surface area (Å²) in [6.07, 6.45) is -0.0144. The van der Waals surface area contributed by atoms with Gasteiger partial charge in [-0.05, 0) is 43.2 Å². The number of carbonyl (C=O) groups excluding carboxylic acids is 3. The lowest BCUT2D eigenvalue weighted by molar-refractivity contribution is -0.163. The summed E-state index contributed by atoms with van der Waals surface area (Å²) in [5, 5.41) is -0.776. The molecule has 0 aliphatic heterocycles. The standard InChI is InChI=1S/C20H30N3O6P/c1-12(2)15(22)17(25)23-20(30(27)28,18(26)29-19(3,4)5)16(24)14(21)11-13-9-7-6-8-10-13/h6-10,12,14-15H,11,21-22H2,1-5H3,(H-,23,25,27,28)/p+1/t14-,15-,20?/m0/s1. The number of Topliss-reactive ketones (excluding diaryl/α,β-unsaturated/α-hetero) is 1. The normalized spacial score (nSPS) is 16.2. The summed E-state index contributed by atoms with van der Waals surface area (Å²) in [6, 6.07) is 6.21. The van der Waals surface area contributed by atoms with Crippen LogP contribution in [0.1, 0.15) is 40.2 Å². The second kappa shape index (κ2) is 10.2. The molecule has 0 radical (unpaired) electrons. The maximum Gasteiger partial charge on any atom is 0.555 e. The summed E-state index contributed by atoms with van der Waals surface area (Å²) in [4.78, 5) is 48.8. The number of nitrogens with two attached hydrogens (primary N) is 2. The van der Waals surface area contributed by atoms with E-state index in [9.17, 15) is 23.8 Å². The fourth-order valence-corrected chi connectivity index (χ4v) is 3.34. The maximum atomic E-state index is 13.2. The molecular formula is C20H31N3O6P+. The van der Waals surface area contributed by atoms with Crippen LogP contribution < -0.4 is 16.8 Å². The second-order valence-corrected chi connectivity index (χ2v) is 9.62. The van der Waals surface area contributed by atoms with Crippen molar-refractivity contribution >= 4 is 25.7 Å². The Morgan fingerprint density at radius 2 is 1.67 bits per heavy atom. The third-order valence-electron chi connectivity index (χ3n) is 4.30. The first kappa shape index (κ1) is 25.8. The van der Waals surface area contributed by atoms with Gasteiger partial charge in [0.2, 0.25) is 11.7 Å². The van der Waals surface area contributed by atoms with E-state index in [0.29, 0.717) is 5.56 Å². The zero-order chi connectivity index (χ0) is 23.3. The third kappa shape index (κ3) is 6.40. The van der Waals surface area contributed by atoms with Crippen LogP contribution in [0.3, 0.4) is 0 Å². The lowest BCUT2D eigenvalue weighted by atomic mass is 9.97. The molecule has 0 fully saturated rings. The van der Waals surface area contributed by atoms with Crippen molar-refractivity contribution in [2.24, 2.45) is 17.4 Å². The van der Waals surface area contributed by atoms with Gasteiger partial charge in [0, 0.05) is 0 Å². The van der Waals surface area contributed by atoms with Gasteiger partial charge in [-0.1, -0.05) is 44.2 Å². The molecule has 1 aromatic carbocycles. The number of rotatable bonds is 9. The minimum absolute atomic E-state index is 0.0144. The maximum absolute atomic E-state index is 13.2. The molecule has 1 amide bonds. The van der Waals surface area contributed by atoms with Crippen molar-refractivity contribution in [2.45, 2.75) is 64.0 Å². The molecule has 4 atom stereocenters. The molecule has 166 valence electrons. The zero-order valence-electron chi connectivity index (χ0n) is 17.9. The molecule has 0 bridgehead atoms. The molecule has 0 aliphatic rings. The Bertz CT molecular complexity index is 793. The fourth-order valence-electron chi connectivity index (χ4n) is 2.58. The summed E-state index contributed by atoms with van der Waals surface area (Å²) in [7, 11) is -3.61. The molecule has 0 aromatic heterocycles. The van der Waals surface area contributed by atoms with Crippen molar-refractivity contribution in [3.05, 3.63) is 35.9 Å². The Morgan fingerprint density at radius 1 is 1.13 bits per heavy atom. The molecule has 0 aliphatic carbocycles. The Labute approximate surface area is 177 Å². The topological polar surface area (TPSA) is 162 Å². The molecular weight excluding hydrogens is 409 g/mol. The highest BCUT2D eigenvalue weighted by Gasteiger charge is 2.67. The van der Waals surface area contributed by atoms with E-state index in [1.54, 1.807) is 44.2 Å². The summed E-state index contributed by atoms with van der Waals surface area (Å²) < 4.78 is 17.6. The van der Waals surface area contributed by atoms with Crippen LogP contribution in [0, 0.1) is 5.92 Å². The van der Waals surface area contributed by atoms with Gasteiger partial charge >= 0.3 is 19.3 Å². The Morgan fingerprint density at radius 3 is 2.10 bits per heavy atom. The molecule has 10 heteroatoms. The largest absolute Gasteiger partial charge is 0.555 e. The third-order valence-corrected chi connectivity index (χ3v) is 5.39. The Balaban J connectivity index is 3.40. The predicted octanol–water partition coefficient (Wildman–Crippen LogP) is 0.998. The quantitative estimate of drug-likeness (QED) is 0.251. The highest BCUT2D eigenvalue weighted by atomic mass is 31.1. The number of nitrogens with one attached hydrogen (secondary N) is 1. The van der Waals surface area contributed by atoms with Crippen LogP contribution >= 0.6 is 8.03 Å². The van der Waals surface area contributed by atoms with Gasteiger partial charge in [0.1, 0.15) is 5.60 Å². The molecule has 1 rings (SSSR count). The van der Waals surface area contributed by atoms with Gasteiger partial charge in [0.15, 0.2) is 0 Å². The summed E-state index contributed by atoms with van der Waals surface area (Å²) in [6.45, 7) is 7.88. The molecule has 6 N–H and O–H groups in total. The molecule has 30 heavy (non-hydrogen) atoms. The number of ether oxygens (including phenoxy) is 1. The highest BCUT2D eigenvalue weighted by Crippen LogP contribution is 2.37. The van der Waals surface area contributed by atoms with Crippen molar-refractivity contribution in [3.8, 4) is 0 Å². The van der Waals surface area contributed by atoms with E-state index in [1.807, 2.05) is 0 Å². The van der Waals surface area contributed by atoms with E-state index in [2.05, 4.69) is 5.32 Å². The van der Waals surface area contributed by atoms with E-state index >= 15 is 0 Å². The molecule has 9 nitrogen and oxygen atoms in total. The van der Waals surface area contributed by atoms with E-state index in [4.69, 9.17) is 16.2 Å². The highest BCUT2D eigenvalue weighted by molar-refractivity contribution is 7.43. The van der Waals surface area contributed by atoms with Crippen LogP contribution in [0.15, 0.2) is 30.3 Å². The van der Waals surface area contributed by atoms with Crippen LogP contribution in [-0.4, -0.2) is 45.5 Å². The number of esters is 1. The van der Waals surface area contributed by atoms with Crippen LogP contribution in [0.5, 0.6) is 0 Å². The molecule has 2 unspecified atom stereocenters. The summed E-state index contributed by atoms with van der Waals surface area (Å²) >= 11 is 0. The first-order chi connectivity index (χ1) is 13.7. The van der Waals surface area contributed by atoms with Gasteiger partial charge < -0.3 is 16.2 Å². The lowest BCUT2D eigenvalue weighted by Gasteiger charge is -2.28. The van der Waals surface area contributed by atoms with Crippen LogP contribution in [0.25, 0.3) is 0 Å². The zero-order valence-corrected chi connectivity index (χ0v) is 18.8. The van der Waals surface area contributed by atoms with Crippen molar-refractivity contribution in [1.82, 2.24) is 5.32 Å². The van der Waals surface area contributed by atoms with Gasteiger partial charge in [-0.15, -0.1) is 0 Å². The monoisotopic (exact) mass is 440 g/mol. The van der Waals surface area contributed by atoms with Crippen molar-refractivity contribution < 1.29 is 28.6 Å². The Kier molecular flexibility index (Phi) is 8.80. The number of hydrogen-bond acceptors (Lipinski definition) is 7. The number of carbonyl (C=O) groups is 3. The van der Waals surface area contributed by atoms with E-state index in [1.165, 1.54) is 20.8 Å². The van der Waals surface area contributed by atoms with Gasteiger partial charge in [-0.25, -0.2) is 4.79 Å². The van der Waals surface area contributed by atoms with Gasteiger partial charge in [0.25, 0.3) is 0 Å². The van der Waals surface area contributed by atoms with E-state index in [0.717, 1.165) is 0 Å². The molecule has 0 saturated heterocycles. The average Bonchev–Trinajstić information content (AvgIpc) is 2.63. The predicted molar refractivity (Wildman–Crippen MR) is 112 cm³/mol. The smallest absolute Gasteiger partial charge is 0.454 e. The first-order valence-corrected chi connectivity index (χ1v) is 10.7. The van der Waals surface area contributed by atoms with Crippen LogP contribution in [0.4, 0.5) is 0 Å². The van der Waals surface area contributed by atoms with E-state index in [-0.39, 0.29) is 12.3 Å². The number of amides is 1. The SMILES string of the molecule is CC(C)[C@H](N)C(=O)NC(C(=O)OC(C)(C)C)(C(=O)[C@@H](N)Cc1ccccc1)[P+](=O)O. The summed E-state index contributed by atoms with van der Waals surface area (Å²) in [5.41, 5.74) is 11.4. The molecule has 0 spiro atoms. The Hall–Kier alpha value is -2.19. The minimum atomic E-state index is -3.61. The molecule has 1 aromatic rings. The molecule has 0 saturated carbocycles. The lowest BCUT2D eigenvalue weighted by Crippen LogP contribution is -2.65. The van der Waals surface area contributed by atoms with Crippen LogP contribution in [0.2, 0.25) is 0 Å². The van der Waals surface area contributed by atoms with Gasteiger partial charge in [0.05, 0.1) is 12.1 Å². The molecule has 0 heterocycles. The van der Waals surface area contributed by atoms with Crippen molar-refractivity contribution in [3.63, 3.8) is 0 Å². The van der Waals surface area contributed by atoms with Crippen LogP contribution in [-0.2, 0) is 30.1 Å². The van der Waals surface area contributed by atoms with Gasteiger partial charge in [-0.2, -0.15) is 4.89 Å². The first-order valence-electron chi connectivity index (χ1n) is 9.53. The van der Waals surface area contributed by atoms with Crippen molar-refractivity contribution in [1.29, 1.82) is 0 Å². The second-order valence-electron chi connectivity index (χ2n) is 8.40. The summed E-state index contributed by atoms with van der Waals surface area (Å²) in [5.74, 6) is -3.79. The van der Waals surface area contributed by atoms with Crippen molar-refractivity contribution in [2.75, 3.05) is 0 Å². The fraction of sp³-hybridized carbons (Fsp3) is 0.550. The average molecular weight is 440 g/mol. The minimum Gasteiger partial charge on any atom is -0.454 e. The van der Waals surface area contributed by atoms with Gasteiger partial charge in [-0.3, -0.25) is 14.9 Å². The number of ketones is 1. The van der Waals surface area contributed by atoms with E-state index < -0.39 is 48.7 Å². The number of benzene rings is 1. The number of hydrogen-bond donors (Lipinski definition) is 4.